The summed E-state index contributed by atoms with van der Waals surface area (Å²) in [7, 11) is 0. The van der Waals surface area contributed by atoms with Crippen LogP contribution in [0.15, 0.2) is 72.9 Å². The number of hydrogen-bond acceptors (Lipinski definition) is 6. The van der Waals surface area contributed by atoms with Gasteiger partial charge in [0.25, 0.3) is 0 Å². The Hall–Kier alpha value is -3.15. The third-order valence-electron chi connectivity index (χ3n) is 11.2. The molecule has 1 unspecified atom stereocenters. The Bertz CT molecular complexity index is 1190. The summed E-state index contributed by atoms with van der Waals surface area (Å²) in [6.07, 6.45) is 64.6. The van der Waals surface area contributed by atoms with Crippen LogP contribution < -0.4 is 0 Å². The minimum atomic E-state index is -0.789. The largest absolute Gasteiger partial charge is 0.462 e. The van der Waals surface area contributed by atoms with Gasteiger partial charge in [-0.15, -0.1) is 0 Å². The Labute approximate surface area is 389 Å². The van der Waals surface area contributed by atoms with Crippen LogP contribution in [0.3, 0.4) is 0 Å². The molecule has 0 spiro atoms. The smallest absolute Gasteiger partial charge is 0.306 e. The van der Waals surface area contributed by atoms with Crippen LogP contribution in [0.1, 0.15) is 252 Å². The summed E-state index contributed by atoms with van der Waals surface area (Å²) in [5, 5.41) is 0. The lowest BCUT2D eigenvalue weighted by Gasteiger charge is -2.18. The molecule has 0 amide bonds. The van der Waals surface area contributed by atoms with Crippen LogP contribution in [0.25, 0.3) is 0 Å². The summed E-state index contributed by atoms with van der Waals surface area (Å²) in [4.78, 5) is 38.0. The van der Waals surface area contributed by atoms with Crippen molar-refractivity contribution in [1.29, 1.82) is 0 Å². The zero-order valence-electron chi connectivity index (χ0n) is 41.3. The van der Waals surface area contributed by atoms with Crippen LogP contribution in [-0.2, 0) is 28.6 Å². The SMILES string of the molecule is CC/C=C\C/C=C\C/C=C\CCCCCCCCCC(=O)OCC(COC(=O)CCCCC/C=C\C/C=C\C/C=C\CC)OC(=O)CCCCCCCCCCCCCCCCC. The van der Waals surface area contributed by atoms with Crippen LogP contribution in [0.5, 0.6) is 0 Å². The minimum absolute atomic E-state index is 0.0886. The van der Waals surface area contributed by atoms with Gasteiger partial charge in [0.05, 0.1) is 0 Å². The third kappa shape index (κ3) is 49.7. The van der Waals surface area contributed by atoms with E-state index in [2.05, 4.69) is 93.7 Å². The average Bonchev–Trinajstić information content (AvgIpc) is 3.28. The number of carbonyl (C=O) groups is 3. The topological polar surface area (TPSA) is 78.9 Å². The van der Waals surface area contributed by atoms with Gasteiger partial charge < -0.3 is 14.2 Å². The maximum Gasteiger partial charge on any atom is 0.306 e. The first-order valence-electron chi connectivity index (χ1n) is 26.4. The molecule has 0 fully saturated rings. The van der Waals surface area contributed by atoms with Gasteiger partial charge in [-0.25, -0.2) is 0 Å². The van der Waals surface area contributed by atoms with E-state index in [1.807, 2.05) is 0 Å². The van der Waals surface area contributed by atoms with Gasteiger partial charge in [0, 0.05) is 19.3 Å². The molecular weight excluding hydrogens is 781 g/mol. The van der Waals surface area contributed by atoms with Gasteiger partial charge in [-0.2, -0.15) is 0 Å². The molecule has 0 rings (SSSR count). The molecule has 362 valence electrons. The lowest BCUT2D eigenvalue weighted by atomic mass is 10.0. The number of allylic oxidation sites excluding steroid dienone is 12. The van der Waals surface area contributed by atoms with Gasteiger partial charge >= 0.3 is 17.9 Å². The Balaban J connectivity index is 4.41. The molecule has 6 nitrogen and oxygen atoms in total. The van der Waals surface area contributed by atoms with Gasteiger partial charge in [-0.1, -0.05) is 222 Å². The van der Waals surface area contributed by atoms with Crippen molar-refractivity contribution in [3.05, 3.63) is 72.9 Å². The standard InChI is InChI=1S/C57H98O6/c1-4-7-10-13-16-19-22-25-27-28-30-32-35-38-41-44-47-50-56(59)62-53-54(52-61-55(58)49-46-43-40-37-34-31-24-21-18-15-12-9-6-3)63-57(60)51-48-45-42-39-36-33-29-26-23-20-17-14-11-8-5-2/h7,9-10,12,16,18-19,21,25,27,31,34,54H,4-6,8,11,13-15,17,20,22-24,26,28-30,32-33,35-53H2,1-3H3/b10-7-,12-9-,19-16-,21-18-,27-25-,34-31-. The Kier molecular flexibility index (Phi) is 48.9. The van der Waals surface area contributed by atoms with E-state index in [0.717, 1.165) is 109 Å². The molecule has 0 bridgehead atoms. The molecule has 0 radical (unpaired) electrons. The number of carbonyl (C=O) groups excluding carboxylic acids is 3. The van der Waals surface area contributed by atoms with E-state index in [1.54, 1.807) is 0 Å². The summed E-state index contributed by atoms with van der Waals surface area (Å²) in [6.45, 7) is 6.39. The fraction of sp³-hybridized carbons (Fsp3) is 0.737. The third-order valence-corrected chi connectivity index (χ3v) is 11.2. The molecule has 63 heavy (non-hydrogen) atoms. The highest BCUT2D eigenvalue weighted by Crippen LogP contribution is 2.15. The first kappa shape index (κ1) is 59.9. The van der Waals surface area contributed by atoms with Crippen molar-refractivity contribution in [2.24, 2.45) is 0 Å². The molecule has 0 aliphatic heterocycles. The summed E-state index contributed by atoms with van der Waals surface area (Å²) in [5.74, 6) is -0.922. The maximum absolute atomic E-state index is 12.8. The summed E-state index contributed by atoms with van der Waals surface area (Å²) >= 11 is 0. The fourth-order valence-electron chi connectivity index (χ4n) is 7.29. The van der Waals surface area contributed by atoms with E-state index in [0.29, 0.717) is 19.3 Å². The van der Waals surface area contributed by atoms with Crippen LogP contribution in [-0.4, -0.2) is 37.2 Å². The van der Waals surface area contributed by atoms with Gasteiger partial charge in [-0.3, -0.25) is 14.4 Å². The van der Waals surface area contributed by atoms with Crippen molar-refractivity contribution >= 4 is 17.9 Å². The van der Waals surface area contributed by atoms with E-state index < -0.39 is 6.10 Å². The number of rotatable bonds is 47. The molecule has 0 aromatic heterocycles. The Morgan fingerprint density at radius 3 is 0.984 bits per heavy atom. The number of esters is 3. The number of ether oxygens (including phenoxy) is 3. The highest BCUT2D eigenvalue weighted by molar-refractivity contribution is 5.71. The highest BCUT2D eigenvalue weighted by Gasteiger charge is 2.19. The predicted molar refractivity (Wildman–Crippen MR) is 270 cm³/mol. The zero-order chi connectivity index (χ0) is 45.8. The van der Waals surface area contributed by atoms with Crippen molar-refractivity contribution in [1.82, 2.24) is 0 Å². The lowest BCUT2D eigenvalue weighted by Crippen LogP contribution is -2.30. The van der Waals surface area contributed by atoms with E-state index in [9.17, 15) is 14.4 Å². The molecule has 0 aliphatic carbocycles. The van der Waals surface area contributed by atoms with E-state index >= 15 is 0 Å². The van der Waals surface area contributed by atoms with Crippen molar-refractivity contribution in [2.75, 3.05) is 13.2 Å². The van der Waals surface area contributed by atoms with Crippen LogP contribution in [0.4, 0.5) is 0 Å². The Morgan fingerprint density at radius 2 is 0.619 bits per heavy atom. The molecule has 0 saturated carbocycles. The van der Waals surface area contributed by atoms with Crippen LogP contribution in [0.2, 0.25) is 0 Å². The summed E-state index contributed by atoms with van der Waals surface area (Å²) < 4.78 is 16.8. The van der Waals surface area contributed by atoms with Gasteiger partial charge in [-0.05, 0) is 83.5 Å². The number of hydrogen-bond donors (Lipinski definition) is 0. The second-order valence-corrected chi connectivity index (χ2v) is 17.4. The summed E-state index contributed by atoms with van der Waals surface area (Å²) in [6, 6.07) is 0. The molecule has 0 aromatic carbocycles. The van der Waals surface area contributed by atoms with Gasteiger partial charge in [0.1, 0.15) is 13.2 Å². The average molecular weight is 879 g/mol. The molecule has 0 aromatic rings. The van der Waals surface area contributed by atoms with Crippen molar-refractivity contribution in [3.8, 4) is 0 Å². The predicted octanol–water partition coefficient (Wildman–Crippen LogP) is 17.4. The molecule has 0 N–H and O–H groups in total. The van der Waals surface area contributed by atoms with Gasteiger partial charge in [0.2, 0.25) is 0 Å². The normalized spacial score (nSPS) is 12.6. The molecule has 1 atom stereocenters. The zero-order valence-corrected chi connectivity index (χ0v) is 41.3. The maximum atomic E-state index is 12.8. The number of unbranched alkanes of at least 4 members (excludes halogenated alkanes) is 24. The van der Waals surface area contributed by atoms with Crippen LogP contribution >= 0.6 is 0 Å². The highest BCUT2D eigenvalue weighted by atomic mass is 16.6. The molecule has 0 heterocycles. The Morgan fingerprint density at radius 1 is 0.333 bits per heavy atom. The van der Waals surface area contributed by atoms with Gasteiger partial charge in [0.15, 0.2) is 6.10 Å². The fourth-order valence-corrected chi connectivity index (χ4v) is 7.29. The van der Waals surface area contributed by atoms with E-state index in [1.165, 1.54) is 103 Å². The van der Waals surface area contributed by atoms with E-state index in [-0.39, 0.29) is 31.1 Å². The molecule has 0 saturated heterocycles. The first-order chi connectivity index (χ1) is 31.0. The van der Waals surface area contributed by atoms with Crippen molar-refractivity contribution in [2.45, 2.75) is 258 Å². The van der Waals surface area contributed by atoms with E-state index in [4.69, 9.17) is 14.2 Å². The molecule has 6 heteroatoms. The van der Waals surface area contributed by atoms with Crippen LogP contribution in [0, 0.1) is 0 Å². The lowest BCUT2D eigenvalue weighted by molar-refractivity contribution is -0.167. The second kappa shape index (κ2) is 51.5. The first-order valence-corrected chi connectivity index (χ1v) is 26.4. The second-order valence-electron chi connectivity index (χ2n) is 17.4. The monoisotopic (exact) mass is 879 g/mol. The summed E-state index contributed by atoms with van der Waals surface area (Å²) in [5.41, 5.74) is 0. The van der Waals surface area contributed by atoms with Crippen molar-refractivity contribution in [3.63, 3.8) is 0 Å². The quantitative estimate of drug-likeness (QED) is 0.0262. The molecular formula is C57H98O6. The molecule has 0 aliphatic rings. The van der Waals surface area contributed by atoms with Crippen molar-refractivity contribution < 1.29 is 28.6 Å². The minimum Gasteiger partial charge on any atom is -0.462 e.